The molecule has 35 heavy (non-hydrogen) atoms. The third-order valence-corrected chi connectivity index (χ3v) is 7.25. The summed E-state index contributed by atoms with van der Waals surface area (Å²) in [5.41, 5.74) is 4.86. The molecule has 0 unspecified atom stereocenters. The molecule has 1 saturated heterocycles. The number of anilines is 1. The van der Waals surface area contributed by atoms with Crippen molar-refractivity contribution >= 4 is 29.4 Å². The number of esters is 1. The van der Waals surface area contributed by atoms with Crippen molar-refractivity contribution in [2.24, 2.45) is 11.8 Å². The molecule has 7 heteroatoms. The SMILES string of the molecule is O=C(COC(=O)CN1C(=O)[C@@H]2C3c4ccccc4C(c4ccccc43)[C@@H]2C1=O)Nc1ccccc1. The molecule has 4 aliphatic rings. The molecule has 2 bridgehead atoms. The molecule has 7 rings (SSSR count). The zero-order valence-electron chi connectivity index (χ0n) is 18.7. The summed E-state index contributed by atoms with van der Waals surface area (Å²) in [6.45, 7) is -1.01. The van der Waals surface area contributed by atoms with Gasteiger partial charge >= 0.3 is 5.97 Å². The average Bonchev–Trinajstić information content (AvgIpc) is 3.13. The molecule has 1 heterocycles. The number of hydrogen-bond acceptors (Lipinski definition) is 5. The summed E-state index contributed by atoms with van der Waals surface area (Å²) >= 11 is 0. The minimum Gasteiger partial charge on any atom is -0.454 e. The van der Waals surface area contributed by atoms with Gasteiger partial charge in [0.25, 0.3) is 5.91 Å². The van der Waals surface area contributed by atoms with Crippen LogP contribution < -0.4 is 5.32 Å². The molecule has 0 saturated carbocycles. The van der Waals surface area contributed by atoms with Crippen LogP contribution in [0.1, 0.15) is 34.1 Å². The molecule has 3 aromatic carbocycles. The van der Waals surface area contributed by atoms with E-state index in [4.69, 9.17) is 4.74 Å². The molecule has 1 aliphatic heterocycles. The molecule has 1 fully saturated rings. The van der Waals surface area contributed by atoms with Gasteiger partial charge in [-0.05, 0) is 34.4 Å². The fourth-order valence-electron chi connectivity index (χ4n) is 5.93. The lowest BCUT2D eigenvalue weighted by Crippen LogP contribution is -2.41. The largest absolute Gasteiger partial charge is 0.454 e. The lowest BCUT2D eigenvalue weighted by atomic mass is 9.55. The molecule has 0 radical (unpaired) electrons. The van der Waals surface area contributed by atoms with E-state index in [1.165, 1.54) is 0 Å². The maximum Gasteiger partial charge on any atom is 0.326 e. The lowest BCUT2D eigenvalue weighted by molar-refractivity contribution is -0.154. The van der Waals surface area contributed by atoms with E-state index in [2.05, 4.69) is 5.32 Å². The first-order valence-electron chi connectivity index (χ1n) is 11.6. The standard InChI is InChI=1S/C28H22N2O5/c31-21(29-16-8-2-1-3-9-16)15-35-22(32)14-30-27(33)25-23-17-10-4-5-11-18(17)24(26(25)28(30)34)20-13-7-6-12-19(20)23/h1-13,23-26H,14-15H2,(H,29,31)/t23?,24?,25-,26+. The number of ether oxygens (including phenoxy) is 1. The van der Waals surface area contributed by atoms with Gasteiger partial charge in [0.15, 0.2) is 6.61 Å². The summed E-state index contributed by atoms with van der Waals surface area (Å²) in [7, 11) is 0. The van der Waals surface area contributed by atoms with E-state index in [-0.39, 0.29) is 23.7 Å². The van der Waals surface area contributed by atoms with Gasteiger partial charge in [-0.15, -0.1) is 0 Å². The predicted molar refractivity (Wildman–Crippen MR) is 126 cm³/mol. The summed E-state index contributed by atoms with van der Waals surface area (Å²) in [6, 6.07) is 24.7. The van der Waals surface area contributed by atoms with E-state index < -0.39 is 36.9 Å². The monoisotopic (exact) mass is 466 g/mol. The van der Waals surface area contributed by atoms with Gasteiger partial charge in [-0.25, -0.2) is 0 Å². The van der Waals surface area contributed by atoms with Crippen LogP contribution in [0.5, 0.6) is 0 Å². The van der Waals surface area contributed by atoms with Crippen molar-refractivity contribution in [1.82, 2.24) is 4.90 Å². The molecular formula is C28H22N2O5. The van der Waals surface area contributed by atoms with Gasteiger partial charge in [-0.2, -0.15) is 0 Å². The highest BCUT2D eigenvalue weighted by atomic mass is 16.5. The van der Waals surface area contributed by atoms with E-state index in [9.17, 15) is 19.2 Å². The van der Waals surface area contributed by atoms with Crippen molar-refractivity contribution in [2.75, 3.05) is 18.5 Å². The van der Waals surface area contributed by atoms with Crippen LogP contribution in [0.3, 0.4) is 0 Å². The van der Waals surface area contributed by atoms with E-state index in [0.717, 1.165) is 27.2 Å². The van der Waals surface area contributed by atoms with Gasteiger partial charge < -0.3 is 10.1 Å². The summed E-state index contributed by atoms with van der Waals surface area (Å²) in [5.74, 6) is -3.57. The van der Waals surface area contributed by atoms with Crippen LogP contribution in [0.15, 0.2) is 78.9 Å². The Labute approximate surface area is 201 Å². The van der Waals surface area contributed by atoms with E-state index in [0.29, 0.717) is 5.69 Å². The molecule has 3 amide bonds. The zero-order valence-corrected chi connectivity index (χ0v) is 18.7. The first-order valence-corrected chi connectivity index (χ1v) is 11.6. The number of imide groups is 1. The Bertz CT molecular complexity index is 1250. The highest BCUT2D eigenvalue weighted by Gasteiger charge is 2.61. The number of nitrogens with zero attached hydrogens (tertiary/aromatic N) is 1. The second kappa shape index (κ2) is 8.20. The highest BCUT2D eigenvalue weighted by molar-refractivity contribution is 6.09. The van der Waals surface area contributed by atoms with Crippen molar-refractivity contribution in [3.05, 3.63) is 101 Å². The summed E-state index contributed by atoms with van der Waals surface area (Å²) < 4.78 is 5.08. The van der Waals surface area contributed by atoms with Crippen LogP contribution in [-0.4, -0.2) is 41.7 Å². The minimum atomic E-state index is -0.795. The van der Waals surface area contributed by atoms with Crippen molar-refractivity contribution in [1.29, 1.82) is 0 Å². The fraction of sp³-hybridized carbons (Fsp3) is 0.214. The van der Waals surface area contributed by atoms with Gasteiger partial charge in [-0.1, -0.05) is 66.7 Å². The number of likely N-dealkylation sites (tertiary alicyclic amines) is 1. The van der Waals surface area contributed by atoms with Crippen molar-refractivity contribution in [2.45, 2.75) is 11.8 Å². The summed E-state index contributed by atoms with van der Waals surface area (Å²) in [5, 5.41) is 2.63. The number of carbonyl (C=O) groups excluding carboxylic acids is 4. The van der Waals surface area contributed by atoms with Crippen LogP contribution >= 0.6 is 0 Å². The Hall–Kier alpha value is -4.26. The number of para-hydroxylation sites is 1. The highest BCUT2D eigenvalue weighted by Crippen LogP contribution is 2.60. The molecule has 0 spiro atoms. The predicted octanol–water partition coefficient (Wildman–Crippen LogP) is 3.06. The summed E-state index contributed by atoms with van der Waals surface area (Å²) in [6.07, 6.45) is 0. The Morgan fingerprint density at radius 3 is 1.66 bits per heavy atom. The van der Waals surface area contributed by atoms with Crippen molar-refractivity contribution in [3.8, 4) is 0 Å². The number of carbonyl (C=O) groups is 4. The maximum absolute atomic E-state index is 13.5. The Morgan fingerprint density at radius 1 is 0.714 bits per heavy atom. The first-order chi connectivity index (χ1) is 17.0. The topological polar surface area (TPSA) is 92.8 Å². The third-order valence-electron chi connectivity index (χ3n) is 7.25. The number of hydrogen-bond donors (Lipinski definition) is 1. The van der Waals surface area contributed by atoms with Crippen LogP contribution in [0, 0.1) is 11.8 Å². The van der Waals surface area contributed by atoms with Gasteiger partial charge in [-0.3, -0.25) is 24.1 Å². The second-order valence-corrected chi connectivity index (χ2v) is 9.10. The normalized spacial score (nSPS) is 23.4. The van der Waals surface area contributed by atoms with Crippen LogP contribution in [0.25, 0.3) is 0 Å². The molecular weight excluding hydrogens is 444 g/mol. The minimum absolute atomic E-state index is 0.230. The van der Waals surface area contributed by atoms with Gasteiger partial charge in [0.2, 0.25) is 11.8 Å². The smallest absolute Gasteiger partial charge is 0.326 e. The molecule has 3 aromatic rings. The average molecular weight is 466 g/mol. The van der Waals surface area contributed by atoms with Gasteiger partial charge in [0.1, 0.15) is 6.54 Å². The molecule has 7 nitrogen and oxygen atoms in total. The third kappa shape index (κ3) is 3.34. The number of rotatable bonds is 5. The molecule has 3 aliphatic carbocycles. The molecule has 1 N–H and O–H groups in total. The molecule has 174 valence electrons. The lowest BCUT2D eigenvalue weighted by Gasteiger charge is -2.45. The Kier molecular flexibility index (Phi) is 4.99. The van der Waals surface area contributed by atoms with Crippen molar-refractivity contribution in [3.63, 3.8) is 0 Å². The quantitative estimate of drug-likeness (QED) is 0.461. The first kappa shape index (κ1) is 21.3. The molecule has 0 aromatic heterocycles. The van der Waals surface area contributed by atoms with Crippen LogP contribution in [-0.2, 0) is 23.9 Å². The Morgan fingerprint density at radius 2 is 1.17 bits per heavy atom. The number of amides is 3. The second-order valence-electron chi connectivity index (χ2n) is 9.10. The van der Waals surface area contributed by atoms with Gasteiger partial charge in [0, 0.05) is 17.5 Å². The van der Waals surface area contributed by atoms with E-state index in [1.54, 1.807) is 24.3 Å². The zero-order chi connectivity index (χ0) is 24.1. The number of benzene rings is 3. The van der Waals surface area contributed by atoms with E-state index in [1.807, 2.05) is 54.6 Å². The van der Waals surface area contributed by atoms with Crippen molar-refractivity contribution < 1.29 is 23.9 Å². The maximum atomic E-state index is 13.5. The van der Waals surface area contributed by atoms with Crippen LogP contribution in [0.4, 0.5) is 5.69 Å². The van der Waals surface area contributed by atoms with Gasteiger partial charge in [0.05, 0.1) is 11.8 Å². The summed E-state index contributed by atoms with van der Waals surface area (Å²) in [4.78, 5) is 52.6. The van der Waals surface area contributed by atoms with E-state index >= 15 is 0 Å². The van der Waals surface area contributed by atoms with Crippen LogP contribution in [0.2, 0.25) is 0 Å². The number of nitrogens with one attached hydrogen (secondary N) is 1. The Balaban J connectivity index is 1.20. The molecule has 2 atom stereocenters. The fourth-order valence-corrected chi connectivity index (χ4v) is 5.93.